The lowest BCUT2D eigenvalue weighted by atomic mass is 9.79. The number of hydrogen-bond acceptors (Lipinski definition) is 4. The van der Waals surface area contributed by atoms with Crippen molar-refractivity contribution < 1.29 is 19.1 Å². The van der Waals surface area contributed by atoms with Crippen LogP contribution >= 0.6 is 0 Å². The van der Waals surface area contributed by atoms with Gasteiger partial charge >= 0.3 is 0 Å². The zero-order valence-electron chi connectivity index (χ0n) is 18.1. The molecule has 0 fully saturated rings. The second-order valence-corrected chi connectivity index (χ2v) is 8.89. The van der Waals surface area contributed by atoms with Crippen molar-refractivity contribution in [2.75, 3.05) is 0 Å². The maximum atomic E-state index is 12.1. The molecular formula is C25H32O4. The number of fused-ring (bicyclic) bond motifs is 1. The summed E-state index contributed by atoms with van der Waals surface area (Å²) in [6.07, 6.45) is 14.5. The molecule has 2 heterocycles. The Morgan fingerprint density at radius 3 is 2.69 bits per heavy atom. The molecule has 0 N–H and O–H groups in total. The van der Waals surface area contributed by atoms with Crippen LogP contribution in [-0.4, -0.2) is 30.1 Å². The van der Waals surface area contributed by atoms with Crippen LogP contribution in [0.4, 0.5) is 0 Å². The van der Waals surface area contributed by atoms with Crippen LogP contribution in [-0.2, 0) is 19.1 Å². The van der Waals surface area contributed by atoms with Gasteiger partial charge in [-0.15, -0.1) is 0 Å². The highest BCUT2D eigenvalue weighted by Gasteiger charge is 2.45. The number of ketones is 1. The van der Waals surface area contributed by atoms with Crippen LogP contribution in [0.15, 0.2) is 58.7 Å². The Morgan fingerprint density at radius 1 is 1.24 bits per heavy atom. The third-order valence-electron chi connectivity index (χ3n) is 5.65. The SMILES string of the molecule is CC(=C[C@@H]1CC(C)=C[C@]2(C=C(C=O)[C@H]3CC(=O)C(C)=C[C@H]3O2)O1)CC=CC(C)C. The van der Waals surface area contributed by atoms with Gasteiger partial charge in [0.05, 0.1) is 12.2 Å². The first-order valence-electron chi connectivity index (χ1n) is 10.5. The third-order valence-corrected chi connectivity index (χ3v) is 5.65. The van der Waals surface area contributed by atoms with E-state index in [-0.39, 0.29) is 23.9 Å². The molecule has 0 saturated heterocycles. The quantitative estimate of drug-likeness (QED) is 0.483. The van der Waals surface area contributed by atoms with Gasteiger partial charge in [-0.2, -0.15) is 0 Å². The van der Waals surface area contributed by atoms with E-state index in [0.29, 0.717) is 23.5 Å². The number of allylic oxidation sites excluding steroid dienone is 4. The number of carbonyl (C=O) groups excluding carboxylic acids is 2. The van der Waals surface area contributed by atoms with E-state index in [0.717, 1.165) is 24.7 Å². The first kappa shape index (κ1) is 21.7. The molecule has 0 aromatic heterocycles. The van der Waals surface area contributed by atoms with Crippen LogP contribution < -0.4 is 0 Å². The van der Waals surface area contributed by atoms with Crippen molar-refractivity contribution in [1.82, 2.24) is 0 Å². The molecule has 4 nitrogen and oxygen atoms in total. The second-order valence-electron chi connectivity index (χ2n) is 8.89. The summed E-state index contributed by atoms with van der Waals surface area (Å²) < 4.78 is 12.7. The average Bonchev–Trinajstić information content (AvgIpc) is 2.61. The average molecular weight is 397 g/mol. The standard InChI is InChI=1S/C25H32O4/c1-16(2)7-6-8-17(3)9-21-10-18(4)13-25(28-21)14-20(15-26)22-12-23(27)19(5)11-24(22)29-25/h6-7,9,11,13-16,21-22,24H,8,10,12H2,1-5H3/t21-,22-,24-,25+/m1/s1. The molecule has 0 aromatic rings. The summed E-state index contributed by atoms with van der Waals surface area (Å²) in [4.78, 5) is 23.9. The first-order chi connectivity index (χ1) is 13.7. The fourth-order valence-electron chi connectivity index (χ4n) is 4.24. The molecule has 2 aliphatic heterocycles. The number of Topliss-reactive ketones (excluding diaryl/α,β-unsaturated/α-hetero) is 1. The molecule has 0 unspecified atom stereocenters. The molecule has 4 atom stereocenters. The van der Waals surface area contributed by atoms with E-state index >= 15 is 0 Å². The topological polar surface area (TPSA) is 52.6 Å². The minimum absolute atomic E-state index is 0.0701. The number of carbonyl (C=O) groups is 2. The Morgan fingerprint density at radius 2 is 2.00 bits per heavy atom. The highest BCUT2D eigenvalue weighted by Crippen LogP contribution is 2.42. The summed E-state index contributed by atoms with van der Waals surface area (Å²) in [5.41, 5.74) is 3.68. The summed E-state index contributed by atoms with van der Waals surface area (Å²) in [7, 11) is 0. The van der Waals surface area contributed by atoms with Crippen LogP contribution in [0.3, 0.4) is 0 Å². The highest BCUT2D eigenvalue weighted by atomic mass is 16.7. The van der Waals surface area contributed by atoms with Crippen LogP contribution in [0.5, 0.6) is 0 Å². The molecule has 1 aliphatic carbocycles. The van der Waals surface area contributed by atoms with Crippen LogP contribution in [0.2, 0.25) is 0 Å². The smallest absolute Gasteiger partial charge is 0.210 e. The molecule has 4 heteroatoms. The van der Waals surface area contributed by atoms with Crippen molar-refractivity contribution in [3.63, 3.8) is 0 Å². The zero-order valence-corrected chi connectivity index (χ0v) is 18.1. The number of hydrogen-bond donors (Lipinski definition) is 0. The fraction of sp³-hybridized carbons (Fsp3) is 0.520. The predicted octanol–water partition coefficient (Wildman–Crippen LogP) is 5.03. The minimum Gasteiger partial charge on any atom is -0.335 e. The lowest BCUT2D eigenvalue weighted by molar-refractivity contribution is -0.224. The number of aldehydes is 1. The maximum Gasteiger partial charge on any atom is 0.210 e. The van der Waals surface area contributed by atoms with Gasteiger partial charge in [0.25, 0.3) is 0 Å². The molecule has 0 radical (unpaired) electrons. The van der Waals surface area contributed by atoms with E-state index in [4.69, 9.17) is 9.47 Å². The summed E-state index contributed by atoms with van der Waals surface area (Å²) >= 11 is 0. The second kappa shape index (κ2) is 8.76. The van der Waals surface area contributed by atoms with Gasteiger partial charge in [-0.05, 0) is 68.9 Å². The van der Waals surface area contributed by atoms with Crippen molar-refractivity contribution in [2.24, 2.45) is 11.8 Å². The predicted molar refractivity (Wildman–Crippen MR) is 114 cm³/mol. The lowest BCUT2D eigenvalue weighted by Crippen LogP contribution is -2.48. The third kappa shape index (κ3) is 5.12. The van der Waals surface area contributed by atoms with Crippen molar-refractivity contribution in [3.05, 3.63) is 58.7 Å². The van der Waals surface area contributed by atoms with E-state index in [1.54, 1.807) is 13.0 Å². The molecule has 156 valence electrons. The molecule has 3 rings (SSSR count). The van der Waals surface area contributed by atoms with Gasteiger partial charge in [0.2, 0.25) is 5.79 Å². The van der Waals surface area contributed by atoms with Crippen molar-refractivity contribution in [2.45, 2.75) is 71.9 Å². The summed E-state index contributed by atoms with van der Waals surface area (Å²) in [5, 5.41) is 0. The van der Waals surface area contributed by atoms with Crippen LogP contribution in [0, 0.1) is 11.8 Å². The molecule has 29 heavy (non-hydrogen) atoms. The molecular weight excluding hydrogens is 364 g/mol. The maximum absolute atomic E-state index is 12.1. The van der Waals surface area contributed by atoms with Gasteiger partial charge in [-0.3, -0.25) is 9.59 Å². The van der Waals surface area contributed by atoms with E-state index in [2.05, 4.69) is 45.9 Å². The lowest BCUT2D eigenvalue weighted by Gasteiger charge is -2.44. The molecule has 3 aliphatic rings. The van der Waals surface area contributed by atoms with E-state index in [9.17, 15) is 9.59 Å². The molecule has 0 amide bonds. The number of rotatable bonds is 5. The molecule has 0 bridgehead atoms. The Kier molecular flexibility index (Phi) is 6.55. The normalized spacial score (nSPS) is 32.9. The van der Waals surface area contributed by atoms with Gasteiger partial charge < -0.3 is 9.47 Å². The van der Waals surface area contributed by atoms with Crippen molar-refractivity contribution in [1.29, 1.82) is 0 Å². The van der Waals surface area contributed by atoms with E-state index in [1.165, 1.54) is 5.57 Å². The van der Waals surface area contributed by atoms with E-state index in [1.807, 2.05) is 12.2 Å². The first-order valence-corrected chi connectivity index (χ1v) is 10.5. The Bertz CT molecular complexity index is 824. The van der Waals surface area contributed by atoms with Crippen LogP contribution in [0.25, 0.3) is 0 Å². The minimum atomic E-state index is -1.06. The van der Waals surface area contributed by atoms with Gasteiger partial charge in [0.15, 0.2) is 5.78 Å². The van der Waals surface area contributed by atoms with Crippen molar-refractivity contribution in [3.8, 4) is 0 Å². The van der Waals surface area contributed by atoms with Gasteiger partial charge in [-0.25, -0.2) is 0 Å². The van der Waals surface area contributed by atoms with Crippen molar-refractivity contribution >= 4 is 12.1 Å². The summed E-state index contributed by atoms with van der Waals surface area (Å²) in [6, 6.07) is 0. The zero-order chi connectivity index (χ0) is 21.2. The van der Waals surface area contributed by atoms with Gasteiger partial charge in [0.1, 0.15) is 6.29 Å². The largest absolute Gasteiger partial charge is 0.335 e. The Hall–Kier alpha value is -2.04. The van der Waals surface area contributed by atoms with Crippen LogP contribution in [0.1, 0.15) is 53.9 Å². The molecule has 0 aromatic carbocycles. The van der Waals surface area contributed by atoms with Gasteiger partial charge in [0, 0.05) is 12.3 Å². The highest BCUT2D eigenvalue weighted by molar-refractivity contribution is 5.97. The molecule has 0 saturated carbocycles. The Labute approximate surface area is 174 Å². The fourth-order valence-corrected chi connectivity index (χ4v) is 4.24. The summed E-state index contributed by atoms with van der Waals surface area (Å²) in [6.45, 7) is 10.3. The Balaban J connectivity index is 1.85. The monoisotopic (exact) mass is 396 g/mol. The summed E-state index contributed by atoms with van der Waals surface area (Å²) in [5.74, 6) is -0.686. The number of ether oxygens (including phenoxy) is 2. The van der Waals surface area contributed by atoms with E-state index < -0.39 is 5.79 Å². The molecule has 1 spiro atoms. The van der Waals surface area contributed by atoms with Gasteiger partial charge in [-0.1, -0.05) is 43.2 Å².